The van der Waals surface area contributed by atoms with E-state index in [0.717, 1.165) is 0 Å². The zero-order valence-corrected chi connectivity index (χ0v) is 9.40. The van der Waals surface area contributed by atoms with E-state index in [0.29, 0.717) is 11.1 Å². The average Bonchev–Trinajstić information content (AvgIpc) is 2.22. The summed E-state index contributed by atoms with van der Waals surface area (Å²) in [6, 6.07) is 3.04. The van der Waals surface area contributed by atoms with Crippen molar-refractivity contribution in [1.29, 1.82) is 0 Å². The van der Waals surface area contributed by atoms with Gasteiger partial charge in [-0.3, -0.25) is 0 Å². The van der Waals surface area contributed by atoms with Crippen molar-refractivity contribution in [3.63, 3.8) is 0 Å². The molecule has 0 saturated heterocycles. The fourth-order valence-corrected chi connectivity index (χ4v) is 1.43. The predicted octanol–water partition coefficient (Wildman–Crippen LogP) is 3.05. The molecular formula is C11H12ClFO2. The molecule has 1 rings (SSSR count). The molecule has 0 radical (unpaired) electrons. The minimum atomic E-state index is -0.648. The SMILES string of the molecule is CCOC(=O)c1cc(CCl)cc(C)c1F. The third kappa shape index (κ3) is 2.69. The topological polar surface area (TPSA) is 26.3 Å². The van der Waals surface area contributed by atoms with Gasteiger partial charge in [0, 0.05) is 5.88 Å². The lowest BCUT2D eigenvalue weighted by Gasteiger charge is -2.07. The maximum absolute atomic E-state index is 13.5. The minimum Gasteiger partial charge on any atom is -0.462 e. The van der Waals surface area contributed by atoms with E-state index in [1.165, 1.54) is 6.07 Å². The first-order valence-electron chi connectivity index (χ1n) is 4.62. The van der Waals surface area contributed by atoms with E-state index in [1.54, 1.807) is 19.9 Å². The van der Waals surface area contributed by atoms with Crippen molar-refractivity contribution in [3.8, 4) is 0 Å². The van der Waals surface area contributed by atoms with Crippen LogP contribution in [0.1, 0.15) is 28.4 Å². The predicted molar refractivity (Wildman–Crippen MR) is 56.7 cm³/mol. The maximum Gasteiger partial charge on any atom is 0.341 e. The van der Waals surface area contributed by atoms with Gasteiger partial charge in [-0.05, 0) is 31.0 Å². The summed E-state index contributed by atoms with van der Waals surface area (Å²) in [7, 11) is 0. The summed E-state index contributed by atoms with van der Waals surface area (Å²) in [4.78, 5) is 11.4. The zero-order valence-electron chi connectivity index (χ0n) is 8.64. The Kier molecular flexibility index (Phi) is 4.09. The van der Waals surface area contributed by atoms with Gasteiger partial charge in [-0.25, -0.2) is 9.18 Å². The number of halogens is 2. The van der Waals surface area contributed by atoms with E-state index in [-0.39, 0.29) is 18.1 Å². The molecule has 0 fully saturated rings. The van der Waals surface area contributed by atoms with Crippen LogP contribution in [0.5, 0.6) is 0 Å². The van der Waals surface area contributed by atoms with Crippen LogP contribution in [-0.2, 0) is 10.6 Å². The van der Waals surface area contributed by atoms with E-state index in [9.17, 15) is 9.18 Å². The van der Waals surface area contributed by atoms with E-state index >= 15 is 0 Å². The molecule has 0 aliphatic heterocycles. The molecule has 0 atom stereocenters. The maximum atomic E-state index is 13.5. The fourth-order valence-electron chi connectivity index (χ4n) is 1.28. The molecule has 15 heavy (non-hydrogen) atoms. The standard InChI is InChI=1S/C11H12ClFO2/c1-3-15-11(14)9-5-8(6-12)4-7(2)10(9)13/h4-5H,3,6H2,1-2H3. The van der Waals surface area contributed by atoms with Crippen LogP contribution in [0.3, 0.4) is 0 Å². The first kappa shape index (κ1) is 12.0. The van der Waals surface area contributed by atoms with Gasteiger partial charge in [-0.1, -0.05) is 6.07 Å². The van der Waals surface area contributed by atoms with Crippen molar-refractivity contribution in [2.24, 2.45) is 0 Å². The van der Waals surface area contributed by atoms with Crippen molar-refractivity contribution in [1.82, 2.24) is 0 Å². The van der Waals surface area contributed by atoms with Crippen LogP contribution in [0.2, 0.25) is 0 Å². The molecule has 0 aromatic heterocycles. The highest BCUT2D eigenvalue weighted by Crippen LogP contribution is 2.18. The van der Waals surface area contributed by atoms with E-state index in [1.807, 2.05) is 0 Å². The molecule has 4 heteroatoms. The molecule has 0 N–H and O–H groups in total. The average molecular weight is 231 g/mol. The van der Waals surface area contributed by atoms with Crippen LogP contribution in [0.4, 0.5) is 4.39 Å². The lowest BCUT2D eigenvalue weighted by atomic mass is 10.1. The second-order valence-corrected chi connectivity index (χ2v) is 3.40. The lowest BCUT2D eigenvalue weighted by molar-refractivity contribution is 0.0520. The van der Waals surface area contributed by atoms with Crippen LogP contribution < -0.4 is 0 Å². The second kappa shape index (κ2) is 5.12. The monoisotopic (exact) mass is 230 g/mol. The Morgan fingerprint density at radius 2 is 2.20 bits per heavy atom. The van der Waals surface area contributed by atoms with Gasteiger partial charge in [0.2, 0.25) is 0 Å². The molecule has 0 spiro atoms. The molecule has 0 heterocycles. The normalized spacial score (nSPS) is 10.1. The number of benzene rings is 1. The van der Waals surface area contributed by atoms with Gasteiger partial charge in [0.05, 0.1) is 12.2 Å². The van der Waals surface area contributed by atoms with Gasteiger partial charge in [-0.15, -0.1) is 11.6 Å². The molecule has 0 amide bonds. The van der Waals surface area contributed by atoms with Gasteiger partial charge in [0.25, 0.3) is 0 Å². The summed E-state index contributed by atoms with van der Waals surface area (Å²) in [6.45, 7) is 3.49. The highest BCUT2D eigenvalue weighted by molar-refractivity contribution is 6.17. The minimum absolute atomic E-state index is 0.0486. The van der Waals surface area contributed by atoms with Gasteiger partial charge in [-0.2, -0.15) is 0 Å². The van der Waals surface area contributed by atoms with Crippen molar-refractivity contribution in [3.05, 3.63) is 34.6 Å². The Morgan fingerprint density at radius 3 is 2.73 bits per heavy atom. The first-order chi connectivity index (χ1) is 7.10. The molecular weight excluding hydrogens is 219 g/mol. The van der Waals surface area contributed by atoms with Crippen LogP contribution in [0.15, 0.2) is 12.1 Å². The third-order valence-corrected chi connectivity index (χ3v) is 2.27. The largest absolute Gasteiger partial charge is 0.462 e. The molecule has 0 aliphatic rings. The highest BCUT2D eigenvalue weighted by Gasteiger charge is 2.15. The fraction of sp³-hybridized carbons (Fsp3) is 0.364. The Morgan fingerprint density at radius 1 is 1.53 bits per heavy atom. The van der Waals surface area contributed by atoms with Crippen LogP contribution in [-0.4, -0.2) is 12.6 Å². The number of esters is 1. The van der Waals surface area contributed by atoms with E-state index < -0.39 is 11.8 Å². The Balaban J connectivity index is 3.15. The Bertz CT molecular complexity index is 377. The van der Waals surface area contributed by atoms with Crippen molar-refractivity contribution in [2.45, 2.75) is 19.7 Å². The van der Waals surface area contributed by atoms with E-state index in [4.69, 9.17) is 16.3 Å². The summed E-state index contributed by atoms with van der Waals surface area (Å²) < 4.78 is 18.3. The number of rotatable bonds is 3. The molecule has 0 saturated carbocycles. The molecule has 2 nitrogen and oxygen atoms in total. The third-order valence-electron chi connectivity index (χ3n) is 1.96. The summed E-state index contributed by atoms with van der Waals surface area (Å²) in [5.41, 5.74) is 1.06. The summed E-state index contributed by atoms with van der Waals surface area (Å²) in [5, 5.41) is 0. The molecule has 0 unspecified atom stereocenters. The van der Waals surface area contributed by atoms with Crippen LogP contribution >= 0.6 is 11.6 Å². The smallest absolute Gasteiger partial charge is 0.341 e. The molecule has 1 aromatic carbocycles. The number of carbonyl (C=O) groups is 1. The number of ether oxygens (including phenoxy) is 1. The van der Waals surface area contributed by atoms with Crippen LogP contribution in [0.25, 0.3) is 0 Å². The lowest BCUT2D eigenvalue weighted by Crippen LogP contribution is -2.09. The van der Waals surface area contributed by atoms with Crippen molar-refractivity contribution >= 4 is 17.6 Å². The van der Waals surface area contributed by atoms with Gasteiger partial charge >= 0.3 is 5.97 Å². The Hall–Kier alpha value is -1.09. The number of carbonyl (C=O) groups excluding carboxylic acids is 1. The number of aryl methyl sites for hydroxylation is 1. The summed E-state index contributed by atoms with van der Waals surface area (Å²) in [5.74, 6) is -0.944. The highest BCUT2D eigenvalue weighted by atomic mass is 35.5. The molecule has 82 valence electrons. The van der Waals surface area contributed by atoms with E-state index in [2.05, 4.69) is 0 Å². The van der Waals surface area contributed by atoms with Gasteiger partial charge < -0.3 is 4.74 Å². The summed E-state index contributed by atoms with van der Waals surface area (Å²) in [6.07, 6.45) is 0. The molecule has 0 bridgehead atoms. The number of hydrogen-bond donors (Lipinski definition) is 0. The van der Waals surface area contributed by atoms with Gasteiger partial charge in [0.1, 0.15) is 5.82 Å². The number of alkyl halides is 1. The molecule has 0 aliphatic carbocycles. The second-order valence-electron chi connectivity index (χ2n) is 3.13. The summed E-state index contributed by atoms with van der Waals surface area (Å²) >= 11 is 5.63. The first-order valence-corrected chi connectivity index (χ1v) is 5.15. The van der Waals surface area contributed by atoms with Crippen LogP contribution in [0, 0.1) is 12.7 Å². The number of hydrogen-bond acceptors (Lipinski definition) is 2. The quantitative estimate of drug-likeness (QED) is 0.589. The van der Waals surface area contributed by atoms with Crippen molar-refractivity contribution in [2.75, 3.05) is 6.61 Å². The zero-order chi connectivity index (χ0) is 11.4. The molecule has 1 aromatic rings. The van der Waals surface area contributed by atoms with Crippen molar-refractivity contribution < 1.29 is 13.9 Å². The Labute approximate surface area is 93.0 Å². The van der Waals surface area contributed by atoms with Gasteiger partial charge in [0.15, 0.2) is 0 Å².